The Labute approximate surface area is 123 Å². The maximum Gasteiger partial charge on any atom is 0.331 e. The highest BCUT2D eigenvalue weighted by molar-refractivity contribution is 6.17. The van der Waals surface area contributed by atoms with Gasteiger partial charge in [0.15, 0.2) is 0 Å². The third-order valence-electron chi connectivity index (χ3n) is 4.04. The summed E-state index contributed by atoms with van der Waals surface area (Å²) >= 11 is 0. The average Bonchev–Trinajstić information content (AvgIpc) is 2.95. The topological polar surface area (TPSA) is 75.9 Å². The van der Waals surface area contributed by atoms with Crippen LogP contribution < -0.4 is 10.6 Å². The number of benzene rings is 1. The molecule has 2 aliphatic rings. The van der Waals surface area contributed by atoms with E-state index in [2.05, 4.69) is 0 Å². The molecule has 2 N–H and O–H groups in total. The van der Waals surface area contributed by atoms with E-state index in [-0.39, 0.29) is 23.9 Å². The largest absolute Gasteiger partial charge is 0.399 e. The maximum absolute atomic E-state index is 12.7. The molecule has 0 radical (unpaired) electrons. The lowest BCUT2D eigenvalue weighted by molar-refractivity contribution is -0.124. The predicted octanol–water partition coefficient (Wildman–Crippen LogP) is 1.46. The second-order valence-corrected chi connectivity index (χ2v) is 5.45. The second kappa shape index (κ2) is 5.37. The maximum atomic E-state index is 12.7. The summed E-state index contributed by atoms with van der Waals surface area (Å²) in [4.78, 5) is 28.3. The van der Waals surface area contributed by atoms with E-state index in [0.717, 1.165) is 6.42 Å². The molecular formula is C15H19N3O3. The van der Waals surface area contributed by atoms with Crippen LogP contribution in [0.4, 0.5) is 16.2 Å². The van der Waals surface area contributed by atoms with Crippen molar-refractivity contribution >= 4 is 23.3 Å². The summed E-state index contributed by atoms with van der Waals surface area (Å²) in [6.45, 7) is 3.46. The van der Waals surface area contributed by atoms with Gasteiger partial charge in [0, 0.05) is 12.2 Å². The molecule has 0 saturated carbocycles. The summed E-state index contributed by atoms with van der Waals surface area (Å²) in [6, 6.07) is 6.39. The van der Waals surface area contributed by atoms with Crippen LogP contribution in [0.1, 0.15) is 13.3 Å². The molecule has 0 aromatic heterocycles. The SMILES string of the molecule is CCCN1C(=O)N(c2ccc(N)cc2)C(=O)C2COCC21. The number of carbonyl (C=O) groups is 2. The molecule has 112 valence electrons. The molecule has 6 nitrogen and oxygen atoms in total. The number of hydrogen-bond acceptors (Lipinski definition) is 4. The van der Waals surface area contributed by atoms with E-state index >= 15 is 0 Å². The number of amides is 3. The standard InChI is InChI=1S/C15H19N3O3/c1-2-7-17-13-9-21-8-12(13)14(19)18(15(17)20)11-5-3-10(16)4-6-11/h3-6,12-13H,2,7-9,16H2,1H3. The molecule has 2 unspecified atom stereocenters. The molecule has 3 rings (SSSR count). The van der Waals surface area contributed by atoms with Crippen LogP contribution in [-0.4, -0.2) is 42.6 Å². The normalized spacial score (nSPS) is 25.4. The minimum atomic E-state index is -0.271. The molecule has 21 heavy (non-hydrogen) atoms. The summed E-state index contributed by atoms with van der Waals surface area (Å²) in [6.07, 6.45) is 0.846. The molecule has 2 atom stereocenters. The molecule has 0 spiro atoms. The molecular weight excluding hydrogens is 270 g/mol. The van der Waals surface area contributed by atoms with E-state index in [1.165, 1.54) is 4.90 Å². The number of nitrogens with two attached hydrogens (primary N) is 1. The van der Waals surface area contributed by atoms with E-state index in [9.17, 15) is 9.59 Å². The van der Waals surface area contributed by atoms with Gasteiger partial charge < -0.3 is 15.4 Å². The van der Waals surface area contributed by atoms with Crippen molar-refractivity contribution in [3.8, 4) is 0 Å². The first kappa shape index (κ1) is 13.9. The zero-order chi connectivity index (χ0) is 15.0. The van der Waals surface area contributed by atoms with Crippen molar-refractivity contribution in [3.63, 3.8) is 0 Å². The first-order valence-electron chi connectivity index (χ1n) is 7.21. The predicted molar refractivity (Wildman–Crippen MR) is 78.8 cm³/mol. The van der Waals surface area contributed by atoms with Crippen molar-refractivity contribution < 1.29 is 14.3 Å². The van der Waals surface area contributed by atoms with Gasteiger partial charge in [0.2, 0.25) is 5.91 Å². The van der Waals surface area contributed by atoms with Crippen molar-refractivity contribution in [1.82, 2.24) is 4.90 Å². The van der Waals surface area contributed by atoms with Gasteiger partial charge in [-0.1, -0.05) is 6.92 Å². The highest BCUT2D eigenvalue weighted by Gasteiger charge is 2.49. The fourth-order valence-electron chi connectivity index (χ4n) is 2.98. The molecule has 2 aliphatic heterocycles. The van der Waals surface area contributed by atoms with Crippen molar-refractivity contribution in [1.29, 1.82) is 0 Å². The zero-order valence-electron chi connectivity index (χ0n) is 12.0. The Morgan fingerprint density at radius 2 is 1.95 bits per heavy atom. The molecule has 2 heterocycles. The first-order valence-corrected chi connectivity index (χ1v) is 7.21. The van der Waals surface area contributed by atoms with Crippen LogP contribution in [-0.2, 0) is 9.53 Å². The summed E-state index contributed by atoms with van der Waals surface area (Å²) < 4.78 is 5.43. The van der Waals surface area contributed by atoms with Gasteiger partial charge in [-0.3, -0.25) is 4.79 Å². The number of anilines is 2. The Morgan fingerprint density at radius 1 is 1.24 bits per heavy atom. The van der Waals surface area contributed by atoms with Gasteiger partial charge in [-0.05, 0) is 30.7 Å². The van der Waals surface area contributed by atoms with Crippen LogP contribution in [0.2, 0.25) is 0 Å². The third-order valence-corrected chi connectivity index (χ3v) is 4.04. The fourth-order valence-corrected chi connectivity index (χ4v) is 2.98. The molecule has 2 saturated heterocycles. The second-order valence-electron chi connectivity index (χ2n) is 5.45. The van der Waals surface area contributed by atoms with Crippen molar-refractivity contribution in [2.45, 2.75) is 19.4 Å². The first-order chi connectivity index (χ1) is 10.1. The number of carbonyl (C=O) groups excluding carboxylic acids is 2. The van der Waals surface area contributed by atoms with Crippen molar-refractivity contribution in [2.24, 2.45) is 5.92 Å². The number of nitrogens with zero attached hydrogens (tertiary/aromatic N) is 2. The van der Waals surface area contributed by atoms with Gasteiger partial charge >= 0.3 is 6.03 Å². The molecule has 6 heteroatoms. The Balaban J connectivity index is 1.96. The number of fused-ring (bicyclic) bond motifs is 1. The van der Waals surface area contributed by atoms with Gasteiger partial charge in [0.05, 0.1) is 30.9 Å². The Morgan fingerprint density at radius 3 is 2.62 bits per heavy atom. The summed E-state index contributed by atoms with van der Waals surface area (Å²) in [5.74, 6) is -0.452. The number of ether oxygens (including phenoxy) is 1. The zero-order valence-corrected chi connectivity index (χ0v) is 12.0. The lowest BCUT2D eigenvalue weighted by Gasteiger charge is -2.41. The van der Waals surface area contributed by atoms with Crippen LogP contribution in [0.25, 0.3) is 0 Å². The summed E-state index contributed by atoms with van der Waals surface area (Å²) in [7, 11) is 0. The van der Waals surface area contributed by atoms with Gasteiger partial charge in [0.25, 0.3) is 0 Å². The smallest absolute Gasteiger partial charge is 0.331 e. The van der Waals surface area contributed by atoms with Crippen LogP contribution in [0.5, 0.6) is 0 Å². The Kier molecular flexibility index (Phi) is 3.55. The number of hydrogen-bond donors (Lipinski definition) is 1. The lowest BCUT2D eigenvalue weighted by atomic mass is 9.97. The molecule has 1 aromatic carbocycles. The number of imide groups is 1. The quantitative estimate of drug-likeness (QED) is 0.855. The fraction of sp³-hybridized carbons (Fsp3) is 0.467. The third kappa shape index (κ3) is 2.25. The monoisotopic (exact) mass is 289 g/mol. The molecule has 0 bridgehead atoms. The molecule has 3 amide bonds. The van der Waals surface area contributed by atoms with Crippen LogP contribution >= 0.6 is 0 Å². The highest BCUT2D eigenvalue weighted by Crippen LogP contribution is 2.32. The number of rotatable bonds is 3. The summed E-state index contributed by atoms with van der Waals surface area (Å²) in [5.41, 5.74) is 6.83. The highest BCUT2D eigenvalue weighted by atomic mass is 16.5. The number of nitrogen functional groups attached to an aromatic ring is 1. The van der Waals surface area contributed by atoms with Gasteiger partial charge in [-0.15, -0.1) is 0 Å². The van der Waals surface area contributed by atoms with E-state index in [4.69, 9.17) is 10.5 Å². The Hall–Kier alpha value is -2.08. The minimum absolute atomic E-state index is 0.130. The van der Waals surface area contributed by atoms with Crippen molar-refractivity contribution in [3.05, 3.63) is 24.3 Å². The minimum Gasteiger partial charge on any atom is -0.399 e. The van der Waals surface area contributed by atoms with E-state index in [1.807, 2.05) is 6.92 Å². The Bertz CT molecular complexity index is 558. The van der Waals surface area contributed by atoms with Crippen LogP contribution in [0.15, 0.2) is 24.3 Å². The van der Waals surface area contributed by atoms with E-state index in [0.29, 0.717) is 31.1 Å². The average molecular weight is 289 g/mol. The van der Waals surface area contributed by atoms with E-state index < -0.39 is 0 Å². The van der Waals surface area contributed by atoms with Crippen molar-refractivity contribution in [2.75, 3.05) is 30.4 Å². The molecule has 2 fully saturated rings. The van der Waals surface area contributed by atoms with Crippen LogP contribution in [0, 0.1) is 5.92 Å². The number of urea groups is 1. The van der Waals surface area contributed by atoms with Gasteiger partial charge in [-0.25, -0.2) is 9.69 Å². The lowest BCUT2D eigenvalue weighted by Crippen LogP contribution is -2.61. The summed E-state index contributed by atoms with van der Waals surface area (Å²) in [5, 5.41) is 0. The van der Waals surface area contributed by atoms with Gasteiger partial charge in [-0.2, -0.15) is 0 Å². The van der Waals surface area contributed by atoms with Gasteiger partial charge in [0.1, 0.15) is 0 Å². The molecule has 1 aromatic rings. The van der Waals surface area contributed by atoms with Crippen LogP contribution in [0.3, 0.4) is 0 Å². The van der Waals surface area contributed by atoms with E-state index in [1.54, 1.807) is 29.2 Å². The molecule has 0 aliphatic carbocycles.